The third-order valence-electron chi connectivity index (χ3n) is 3.06. The molecule has 0 spiro atoms. The molecule has 0 bridgehead atoms. The molecule has 0 saturated carbocycles. The van der Waals surface area contributed by atoms with Gasteiger partial charge in [-0.25, -0.2) is 9.18 Å². The summed E-state index contributed by atoms with van der Waals surface area (Å²) in [6.07, 6.45) is -0.968. The fourth-order valence-corrected chi connectivity index (χ4v) is 2.63. The van der Waals surface area contributed by atoms with Crippen LogP contribution < -0.4 is 5.69 Å². The molecule has 3 N–H and O–H groups in total. The number of aromatic nitrogens is 2. The summed E-state index contributed by atoms with van der Waals surface area (Å²) in [5, 5.41) is 10.3. The van der Waals surface area contributed by atoms with Gasteiger partial charge in [-0.3, -0.25) is 0 Å². The summed E-state index contributed by atoms with van der Waals surface area (Å²) in [6.45, 7) is 0. The Bertz CT molecular complexity index is 820. The summed E-state index contributed by atoms with van der Waals surface area (Å²) in [5.41, 5.74) is 1.97. The van der Waals surface area contributed by atoms with Crippen molar-refractivity contribution < 1.29 is 9.50 Å². The molecule has 0 aliphatic rings. The molecular weight excluding hydrogens is 327 g/mol. The first-order valence-corrected chi connectivity index (χ1v) is 6.68. The summed E-state index contributed by atoms with van der Waals surface area (Å²) >= 11 is 3.19. The van der Waals surface area contributed by atoms with Gasteiger partial charge in [0.2, 0.25) is 0 Å². The first-order valence-electron chi connectivity index (χ1n) is 5.89. The number of hydrogen-bond acceptors (Lipinski definition) is 2. The number of hydrogen-bond donors (Lipinski definition) is 3. The zero-order valence-corrected chi connectivity index (χ0v) is 11.7. The molecule has 1 aromatic heterocycles. The Hall–Kier alpha value is -1.92. The lowest BCUT2D eigenvalue weighted by molar-refractivity contribution is 0.220. The van der Waals surface area contributed by atoms with Gasteiger partial charge in [0, 0.05) is 4.47 Å². The predicted octanol–water partition coefficient (Wildman–Crippen LogP) is 2.84. The molecular formula is C14H10BrFN2O2. The minimum absolute atomic E-state index is 0.305. The molecule has 0 radical (unpaired) electrons. The van der Waals surface area contributed by atoms with Gasteiger partial charge in [0.15, 0.2) is 0 Å². The quantitative estimate of drug-likeness (QED) is 0.673. The predicted molar refractivity (Wildman–Crippen MR) is 77.1 cm³/mol. The van der Waals surface area contributed by atoms with E-state index in [2.05, 4.69) is 25.9 Å². The third-order valence-corrected chi connectivity index (χ3v) is 3.51. The van der Waals surface area contributed by atoms with Crippen LogP contribution in [0.1, 0.15) is 17.2 Å². The Labute approximate surface area is 121 Å². The van der Waals surface area contributed by atoms with E-state index in [-0.39, 0.29) is 5.69 Å². The van der Waals surface area contributed by atoms with E-state index in [1.807, 2.05) is 0 Å². The molecule has 0 aliphatic heterocycles. The first kappa shape index (κ1) is 13.1. The Balaban J connectivity index is 2.06. The Kier molecular flexibility index (Phi) is 3.19. The van der Waals surface area contributed by atoms with Crippen molar-refractivity contribution in [2.75, 3.05) is 0 Å². The van der Waals surface area contributed by atoms with E-state index in [9.17, 15) is 14.3 Å². The average Bonchev–Trinajstić information content (AvgIpc) is 2.75. The summed E-state index contributed by atoms with van der Waals surface area (Å²) in [6, 6.07) is 9.30. The van der Waals surface area contributed by atoms with Gasteiger partial charge >= 0.3 is 5.69 Å². The molecule has 1 unspecified atom stereocenters. The van der Waals surface area contributed by atoms with Crippen LogP contribution in [0.5, 0.6) is 0 Å². The number of aliphatic hydroxyl groups is 1. The van der Waals surface area contributed by atoms with E-state index in [4.69, 9.17) is 0 Å². The lowest BCUT2D eigenvalue weighted by Gasteiger charge is -2.12. The van der Waals surface area contributed by atoms with Crippen molar-refractivity contribution in [3.63, 3.8) is 0 Å². The summed E-state index contributed by atoms with van der Waals surface area (Å²) < 4.78 is 13.9. The molecule has 0 aliphatic carbocycles. The second-order valence-electron chi connectivity index (χ2n) is 4.49. The maximum Gasteiger partial charge on any atom is 0.323 e. The van der Waals surface area contributed by atoms with Crippen LogP contribution >= 0.6 is 15.9 Å². The van der Waals surface area contributed by atoms with Gasteiger partial charge in [-0.05, 0) is 41.5 Å². The van der Waals surface area contributed by atoms with Gasteiger partial charge in [-0.2, -0.15) is 0 Å². The smallest absolute Gasteiger partial charge is 0.323 e. The van der Waals surface area contributed by atoms with E-state index >= 15 is 0 Å². The zero-order chi connectivity index (χ0) is 14.3. The van der Waals surface area contributed by atoms with Crippen molar-refractivity contribution in [1.29, 1.82) is 0 Å². The highest BCUT2D eigenvalue weighted by Gasteiger charge is 2.13. The van der Waals surface area contributed by atoms with Crippen LogP contribution in [0.4, 0.5) is 4.39 Å². The van der Waals surface area contributed by atoms with Gasteiger partial charge < -0.3 is 15.1 Å². The van der Waals surface area contributed by atoms with Gasteiger partial charge in [0.25, 0.3) is 0 Å². The molecule has 102 valence electrons. The SMILES string of the molecule is O=c1[nH]c2ccc(C(O)c3cc(F)cc(Br)c3)cc2[nH]1. The second kappa shape index (κ2) is 4.88. The van der Waals surface area contributed by atoms with Crippen molar-refractivity contribution in [2.24, 2.45) is 0 Å². The van der Waals surface area contributed by atoms with Crippen LogP contribution in [-0.2, 0) is 0 Å². The highest BCUT2D eigenvalue weighted by atomic mass is 79.9. The van der Waals surface area contributed by atoms with Crippen molar-refractivity contribution in [2.45, 2.75) is 6.10 Å². The first-order chi connectivity index (χ1) is 9.52. The lowest BCUT2D eigenvalue weighted by atomic mass is 10.0. The molecule has 3 rings (SSSR count). The Morgan fingerprint density at radius 1 is 1.05 bits per heavy atom. The number of aromatic amines is 2. The van der Waals surface area contributed by atoms with Gasteiger partial charge in [0.1, 0.15) is 11.9 Å². The fourth-order valence-electron chi connectivity index (χ4n) is 2.15. The largest absolute Gasteiger partial charge is 0.384 e. The number of aliphatic hydroxyl groups excluding tert-OH is 1. The molecule has 6 heteroatoms. The number of rotatable bonds is 2. The number of halogens is 2. The third kappa shape index (κ3) is 2.39. The van der Waals surface area contributed by atoms with E-state index in [0.717, 1.165) is 0 Å². The number of benzene rings is 2. The summed E-state index contributed by atoms with van der Waals surface area (Å²) in [4.78, 5) is 16.4. The number of H-pyrrole nitrogens is 2. The Morgan fingerprint density at radius 2 is 1.80 bits per heavy atom. The van der Waals surface area contributed by atoms with E-state index in [0.29, 0.717) is 26.6 Å². The van der Waals surface area contributed by atoms with Crippen LogP contribution in [0, 0.1) is 5.82 Å². The van der Waals surface area contributed by atoms with Gasteiger partial charge in [-0.15, -0.1) is 0 Å². The van der Waals surface area contributed by atoms with Crippen LogP contribution in [0.15, 0.2) is 45.7 Å². The van der Waals surface area contributed by atoms with Crippen molar-refractivity contribution in [3.05, 3.63) is 68.3 Å². The van der Waals surface area contributed by atoms with Crippen molar-refractivity contribution >= 4 is 27.0 Å². The molecule has 2 aromatic carbocycles. The van der Waals surface area contributed by atoms with Crippen LogP contribution in [0.25, 0.3) is 11.0 Å². The fraction of sp³-hybridized carbons (Fsp3) is 0.0714. The van der Waals surface area contributed by atoms with Crippen LogP contribution in [-0.4, -0.2) is 15.1 Å². The lowest BCUT2D eigenvalue weighted by Crippen LogP contribution is -2.00. The minimum atomic E-state index is -0.968. The molecule has 20 heavy (non-hydrogen) atoms. The van der Waals surface area contributed by atoms with Crippen LogP contribution in [0.2, 0.25) is 0 Å². The van der Waals surface area contributed by atoms with Gasteiger partial charge in [0.05, 0.1) is 11.0 Å². The average molecular weight is 337 g/mol. The Morgan fingerprint density at radius 3 is 2.55 bits per heavy atom. The van der Waals surface area contributed by atoms with E-state index < -0.39 is 11.9 Å². The standard InChI is InChI=1S/C14H10BrFN2O2/c15-9-3-8(4-10(16)6-9)13(19)7-1-2-11-12(5-7)18-14(20)17-11/h1-6,13,19H,(H2,17,18,20). The van der Waals surface area contributed by atoms with Crippen molar-refractivity contribution in [3.8, 4) is 0 Å². The highest BCUT2D eigenvalue weighted by Crippen LogP contribution is 2.27. The number of imidazole rings is 1. The molecule has 4 nitrogen and oxygen atoms in total. The second-order valence-corrected chi connectivity index (χ2v) is 5.41. The van der Waals surface area contributed by atoms with E-state index in [1.54, 1.807) is 24.3 Å². The molecule has 0 saturated heterocycles. The molecule has 3 aromatic rings. The monoisotopic (exact) mass is 336 g/mol. The molecule has 0 fully saturated rings. The van der Waals surface area contributed by atoms with Crippen LogP contribution in [0.3, 0.4) is 0 Å². The van der Waals surface area contributed by atoms with E-state index in [1.165, 1.54) is 12.1 Å². The highest BCUT2D eigenvalue weighted by molar-refractivity contribution is 9.10. The zero-order valence-electron chi connectivity index (χ0n) is 10.2. The topological polar surface area (TPSA) is 68.9 Å². The number of fused-ring (bicyclic) bond motifs is 1. The number of nitrogens with one attached hydrogen (secondary N) is 2. The molecule has 0 amide bonds. The van der Waals surface area contributed by atoms with Crippen molar-refractivity contribution in [1.82, 2.24) is 9.97 Å². The normalized spacial score (nSPS) is 12.8. The maximum atomic E-state index is 13.4. The summed E-state index contributed by atoms with van der Waals surface area (Å²) in [5.74, 6) is -0.426. The van der Waals surface area contributed by atoms with Gasteiger partial charge in [-0.1, -0.05) is 22.0 Å². The summed E-state index contributed by atoms with van der Waals surface area (Å²) in [7, 11) is 0. The molecule has 1 heterocycles. The maximum absolute atomic E-state index is 13.4. The molecule has 1 atom stereocenters. The minimum Gasteiger partial charge on any atom is -0.384 e.